The molecule has 1 atom stereocenters. The summed E-state index contributed by atoms with van der Waals surface area (Å²) in [4.78, 5) is 3.15. The van der Waals surface area contributed by atoms with Gasteiger partial charge in [-0.05, 0) is 37.7 Å². The number of hydrogen-bond donors (Lipinski definition) is 1. The maximum Gasteiger partial charge on any atom is 0.182 e. The van der Waals surface area contributed by atoms with Crippen LogP contribution >= 0.6 is 12.2 Å². The fraction of sp³-hybridized carbons (Fsp3) is 0.471. The zero-order valence-corrected chi connectivity index (χ0v) is 14.3. The van der Waals surface area contributed by atoms with Crippen molar-refractivity contribution in [1.82, 2.24) is 9.55 Å². The van der Waals surface area contributed by atoms with Gasteiger partial charge in [-0.15, -0.1) is 0 Å². The number of aromatic amines is 1. The smallest absolute Gasteiger partial charge is 0.182 e. The molecule has 114 valence electrons. The normalized spacial score (nSPS) is 13.2. The van der Waals surface area contributed by atoms with Crippen LogP contribution in [0.3, 0.4) is 0 Å². The average molecular weight is 304 g/mol. The molecule has 3 nitrogen and oxygen atoms in total. The summed E-state index contributed by atoms with van der Waals surface area (Å²) in [6, 6.07) is 8.10. The highest BCUT2D eigenvalue weighted by atomic mass is 32.1. The van der Waals surface area contributed by atoms with Crippen LogP contribution in [0.2, 0.25) is 0 Å². The van der Waals surface area contributed by atoms with E-state index in [2.05, 4.69) is 50.2 Å². The van der Waals surface area contributed by atoms with E-state index in [4.69, 9.17) is 17.0 Å². The Morgan fingerprint density at radius 2 is 2.05 bits per heavy atom. The Labute approximate surface area is 132 Å². The van der Waals surface area contributed by atoms with Crippen LogP contribution in [-0.2, 0) is 5.41 Å². The molecule has 0 aliphatic heterocycles. The van der Waals surface area contributed by atoms with Gasteiger partial charge in [-0.1, -0.05) is 33.8 Å². The summed E-state index contributed by atoms with van der Waals surface area (Å²) in [6.07, 6.45) is 3.19. The molecule has 1 aromatic heterocycles. The number of rotatable bonds is 4. The predicted molar refractivity (Wildman–Crippen MR) is 90.0 cm³/mol. The first-order valence-electron chi connectivity index (χ1n) is 7.41. The van der Waals surface area contributed by atoms with Gasteiger partial charge in [0.25, 0.3) is 0 Å². The summed E-state index contributed by atoms with van der Waals surface area (Å²) < 4.78 is 8.70. The molecule has 0 amide bonds. The van der Waals surface area contributed by atoms with E-state index < -0.39 is 0 Å². The predicted octanol–water partition coefficient (Wildman–Crippen LogP) is 5.01. The molecule has 0 spiro atoms. The van der Waals surface area contributed by atoms with Crippen molar-refractivity contribution >= 4 is 12.2 Å². The van der Waals surface area contributed by atoms with Crippen molar-refractivity contribution in [2.24, 2.45) is 0 Å². The van der Waals surface area contributed by atoms with E-state index in [1.54, 1.807) is 0 Å². The van der Waals surface area contributed by atoms with E-state index in [1.807, 2.05) is 24.4 Å². The quantitative estimate of drug-likeness (QED) is 0.805. The number of H-pyrrole nitrogens is 1. The molecule has 1 N–H and O–H groups in total. The summed E-state index contributed by atoms with van der Waals surface area (Å²) in [5.41, 5.74) is 2.21. The van der Waals surface area contributed by atoms with Crippen LogP contribution in [0, 0.1) is 4.77 Å². The van der Waals surface area contributed by atoms with E-state index in [0.717, 1.165) is 23.6 Å². The molecule has 1 aromatic carbocycles. The van der Waals surface area contributed by atoms with Crippen molar-refractivity contribution < 1.29 is 4.74 Å². The monoisotopic (exact) mass is 304 g/mol. The van der Waals surface area contributed by atoms with Crippen molar-refractivity contribution in [1.29, 1.82) is 0 Å². The van der Waals surface area contributed by atoms with Gasteiger partial charge in [-0.2, -0.15) is 0 Å². The number of aromatic nitrogens is 2. The second kappa shape index (κ2) is 6.06. The van der Waals surface area contributed by atoms with Crippen LogP contribution in [0.4, 0.5) is 0 Å². The molecule has 0 bridgehead atoms. The second-order valence-electron chi connectivity index (χ2n) is 6.40. The molecule has 0 saturated carbocycles. The molecule has 0 aliphatic carbocycles. The zero-order valence-electron chi connectivity index (χ0n) is 13.4. The van der Waals surface area contributed by atoms with Crippen LogP contribution < -0.4 is 4.74 Å². The Balaban J connectivity index is 2.46. The number of imidazole rings is 1. The van der Waals surface area contributed by atoms with Gasteiger partial charge in [-0.25, -0.2) is 0 Å². The lowest BCUT2D eigenvalue weighted by Gasteiger charge is -2.21. The van der Waals surface area contributed by atoms with E-state index in [9.17, 15) is 0 Å². The van der Waals surface area contributed by atoms with Gasteiger partial charge < -0.3 is 9.72 Å². The van der Waals surface area contributed by atoms with Gasteiger partial charge in [0.2, 0.25) is 0 Å². The fourth-order valence-corrected chi connectivity index (χ4v) is 2.45. The molecular weight excluding hydrogens is 280 g/mol. The minimum Gasteiger partial charge on any atom is -0.491 e. The van der Waals surface area contributed by atoms with Gasteiger partial charge in [0.05, 0.1) is 11.8 Å². The maximum atomic E-state index is 5.91. The third kappa shape index (κ3) is 3.56. The highest BCUT2D eigenvalue weighted by Gasteiger charge is 2.20. The minimum atomic E-state index is 0.0150. The Bertz CT molecular complexity index is 664. The molecule has 0 aliphatic rings. The molecule has 2 rings (SSSR count). The Morgan fingerprint density at radius 3 is 2.67 bits per heavy atom. The van der Waals surface area contributed by atoms with Crippen LogP contribution in [0.5, 0.6) is 5.75 Å². The molecule has 0 saturated heterocycles. The number of nitrogens with zero attached hydrogens (tertiary/aromatic N) is 1. The maximum absolute atomic E-state index is 5.91. The molecule has 2 aromatic rings. The summed E-state index contributed by atoms with van der Waals surface area (Å²) in [6.45, 7) is 10.7. The Morgan fingerprint density at radius 1 is 1.33 bits per heavy atom. The van der Waals surface area contributed by atoms with Gasteiger partial charge in [0.1, 0.15) is 5.75 Å². The third-order valence-corrected chi connectivity index (χ3v) is 3.83. The van der Waals surface area contributed by atoms with Gasteiger partial charge in [0, 0.05) is 23.4 Å². The van der Waals surface area contributed by atoms with Crippen LogP contribution in [0.1, 0.15) is 46.7 Å². The SMILES string of the molecule is CCC(C)Oc1cccc(-n2c(C(C)(C)C)c[nH]c2=S)c1. The first-order chi connectivity index (χ1) is 9.82. The third-order valence-electron chi connectivity index (χ3n) is 3.53. The first kappa shape index (κ1) is 15.8. The summed E-state index contributed by atoms with van der Waals surface area (Å²) >= 11 is 5.44. The molecule has 0 radical (unpaired) electrons. The number of nitrogens with one attached hydrogen (secondary N) is 1. The van der Waals surface area contributed by atoms with E-state index in [0.29, 0.717) is 4.77 Å². The highest BCUT2D eigenvalue weighted by Crippen LogP contribution is 2.27. The van der Waals surface area contributed by atoms with Crippen molar-refractivity contribution in [3.63, 3.8) is 0 Å². The summed E-state index contributed by atoms with van der Waals surface area (Å²) in [5.74, 6) is 0.879. The zero-order chi connectivity index (χ0) is 15.6. The van der Waals surface area contributed by atoms with Crippen LogP contribution in [-0.4, -0.2) is 15.7 Å². The first-order valence-corrected chi connectivity index (χ1v) is 7.81. The van der Waals surface area contributed by atoms with E-state index >= 15 is 0 Å². The van der Waals surface area contributed by atoms with Crippen molar-refractivity contribution in [2.45, 2.75) is 52.6 Å². The molecule has 0 fully saturated rings. The number of hydrogen-bond acceptors (Lipinski definition) is 2. The lowest BCUT2D eigenvalue weighted by molar-refractivity contribution is 0.217. The molecule has 1 heterocycles. The molecule has 1 unspecified atom stereocenters. The minimum absolute atomic E-state index is 0.0150. The standard InChI is InChI=1S/C17H24N2OS/c1-6-12(2)20-14-9-7-8-13(10-14)19-15(17(3,4)5)11-18-16(19)21/h7-12H,6H2,1-5H3,(H,18,21). The van der Waals surface area contributed by atoms with E-state index in [1.165, 1.54) is 0 Å². The molecular formula is C17H24N2OS. The van der Waals surface area contributed by atoms with Crippen LogP contribution in [0.25, 0.3) is 5.69 Å². The Kier molecular flexibility index (Phi) is 4.57. The van der Waals surface area contributed by atoms with E-state index in [-0.39, 0.29) is 11.5 Å². The summed E-state index contributed by atoms with van der Waals surface area (Å²) in [5, 5.41) is 0. The van der Waals surface area contributed by atoms with Gasteiger partial charge in [0.15, 0.2) is 4.77 Å². The second-order valence-corrected chi connectivity index (χ2v) is 6.79. The number of benzene rings is 1. The molecule has 4 heteroatoms. The average Bonchev–Trinajstić information content (AvgIpc) is 2.80. The van der Waals surface area contributed by atoms with Gasteiger partial charge in [-0.3, -0.25) is 4.57 Å². The topological polar surface area (TPSA) is 29.9 Å². The lowest BCUT2D eigenvalue weighted by atomic mass is 9.92. The van der Waals surface area contributed by atoms with Crippen molar-refractivity contribution in [3.05, 3.63) is 40.9 Å². The largest absolute Gasteiger partial charge is 0.491 e. The molecule has 21 heavy (non-hydrogen) atoms. The van der Waals surface area contributed by atoms with Crippen molar-refractivity contribution in [2.75, 3.05) is 0 Å². The fourth-order valence-electron chi connectivity index (χ4n) is 2.19. The number of ether oxygens (including phenoxy) is 1. The van der Waals surface area contributed by atoms with Gasteiger partial charge >= 0.3 is 0 Å². The highest BCUT2D eigenvalue weighted by molar-refractivity contribution is 7.71. The van der Waals surface area contributed by atoms with Crippen molar-refractivity contribution in [3.8, 4) is 11.4 Å². The van der Waals surface area contributed by atoms with Crippen LogP contribution in [0.15, 0.2) is 30.5 Å². The summed E-state index contributed by atoms with van der Waals surface area (Å²) in [7, 11) is 0. The Hall–Kier alpha value is -1.55. The lowest BCUT2D eigenvalue weighted by Crippen LogP contribution is -2.17.